The van der Waals surface area contributed by atoms with Gasteiger partial charge in [-0.25, -0.2) is 18.7 Å². The quantitative estimate of drug-likeness (QED) is 0.361. The van der Waals surface area contributed by atoms with Crippen molar-refractivity contribution in [3.05, 3.63) is 59.6 Å². The summed E-state index contributed by atoms with van der Waals surface area (Å²) < 4.78 is 79.2. The minimum absolute atomic E-state index is 0.0289. The SMILES string of the molecule is CCc1nc2n(ccc3ncnn32)c1C(=O)NCc1ccc(N2CCN(S(=O)(=O)C(F)(F)F)C=N2)c(F)c1. The summed E-state index contributed by atoms with van der Waals surface area (Å²) in [5.74, 6) is -0.773. The van der Waals surface area contributed by atoms with Crippen molar-refractivity contribution in [3.8, 4) is 0 Å². The molecule has 1 N–H and O–H groups in total. The minimum Gasteiger partial charge on any atom is -0.347 e. The molecule has 0 spiro atoms. The monoisotopic (exact) mass is 553 g/mol. The number of alkyl halides is 3. The molecule has 0 bridgehead atoms. The largest absolute Gasteiger partial charge is 0.516 e. The number of nitrogens with zero attached hydrogens (tertiary/aromatic N) is 8. The van der Waals surface area contributed by atoms with Crippen LogP contribution in [0.5, 0.6) is 0 Å². The fourth-order valence-electron chi connectivity index (χ4n) is 3.97. The van der Waals surface area contributed by atoms with E-state index in [1.165, 1.54) is 23.0 Å². The number of aromatic nitrogens is 5. The van der Waals surface area contributed by atoms with Crippen molar-refractivity contribution in [2.45, 2.75) is 25.4 Å². The highest BCUT2D eigenvalue weighted by Gasteiger charge is 2.50. The van der Waals surface area contributed by atoms with Gasteiger partial charge in [0.2, 0.25) is 5.78 Å². The zero-order valence-corrected chi connectivity index (χ0v) is 20.4. The van der Waals surface area contributed by atoms with Crippen molar-refractivity contribution in [3.63, 3.8) is 0 Å². The number of hydrazone groups is 1. The Morgan fingerprint density at radius 1 is 1.18 bits per heavy atom. The molecule has 200 valence electrons. The first-order valence-corrected chi connectivity index (χ1v) is 12.6. The van der Waals surface area contributed by atoms with Crippen LogP contribution in [0.4, 0.5) is 23.2 Å². The summed E-state index contributed by atoms with van der Waals surface area (Å²) in [6.07, 6.45) is 4.01. The fraction of sp³-hybridized carbons (Fsp3) is 0.286. The molecule has 0 aliphatic carbocycles. The van der Waals surface area contributed by atoms with Crippen molar-refractivity contribution in [1.29, 1.82) is 0 Å². The molecular weight excluding hydrogens is 534 g/mol. The Morgan fingerprint density at radius 2 is 1.97 bits per heavy atom. The molecule has 12 nitrogen and oxygen atoms in total. The molecule has 17 heteroatoms. The number of imidazole rings is 1. The third kappa shape index (κ3) is 4.27. The zero-order chi connectivity index (χ0) is 27.2. The zero-order valence-electron chi connectivity index (χ0n) is 19.6. The van der Waals surface area contributed by atoms with Crippen molar-refractivity contribution in [1.82, 2.24) is 33.6 Å². The van der Waals surface area contributed by atoms with Crippen LogP contribution in [0.15, 0.2) is 41.9 Å². The second-order valence-corrected chi connectivity index (χ2v) is 10.0. The first-order valence-electron chi connectivity index (χ1n) is 11.2. The third-order valence-corrected chi connectivity index (χ3v) is 7.33. The molecule has 0 saturated heterocycles. The van der Waals surface area contributed by atoms with Crippen molar-refractivity contribution >= 4 is 39.4 Å². The van der Waals surface area contributed by atoms with E-state index in [0.29, 0.717) is 41.1 Å². The lowest BCUT2D eigenvalue weighted by Crippen LogP contribution is -2.46. The summed E-state index contributed by atoms with van der Waals surface area (Å²) in [7, 11) is -5.57. The van der Waals surface area contributed by atoms with Gasteiger partial charge in [0.25, 0.3) is 5.91 Å². The van der Waals surface area contributed by atoms with Crippen LogP contribution in [-0.4, -0.2) is 67.5 Å². The molecule has 38 heavy (non-hydrogen) atoms. The summed E-state index contributed by atoms with van der Waals surface area (Å²) in [6, 6.07) is 5.70. The van der Waals surface area contributed by atoms with Gasteiger partial charge in [0, 0.05) is 12.7 Å². The topological polar surface area (TPSA) is 130 Å². The molecular formula is C21H19F4N9O3S. The number of carbonyl (C=O) groups is 1. The van der Waals surface area contributed by atoms with Gasteiger partial charge < -0.3 is 5.32 Å². The van der Waals surface area contributed by atoms with E-state index in [-0.39, 0.29) is 23.1 Å². The molecule has 5 rings (SSSR count). The summed E-state index contributed by atoms with van der Waals surface area (Å²) >= 11 is 0. The van der Waals surface area contributed by atoms with E-state index < -0.39 is 33.8 Å². The third-order valence-electron chi connectivity index (χ3n) is 5.85. The summed E-state index contributed by atoms with van der Waals surface area (Å²) in [6.45, 7) is 0.958. The van der Waals surface area contributed by atoms with Crippen LogP contribution < -0.4 is 10.3 Å². The lowest BCUT2D eigenvalue weighted by molar-refractivity contribution is -0.0471. The van der Waals surface area contributed by atoms with E-state index in [4.69, 9.17) is 0 Å². The maximum atomic E-state index is 14.8. The number of benzene rings is 1. The van der Waals surface area contributed by atoms with Crippen molar-refractivity contribution in [2.24, 2.45) is 5.10 Å². The molecule has 1 aliphatic heterocycles. The van der Waals surface area contributed by atoms with E-state index in [0.717, 1.165) is 11.1 Å². The van der Waals surface area contributed by atoms with Gasteiger partial charge in [-0.1, -0.05) is 13.0 Å². The lowest BCUT2D eigenvalue weighted by atomic mass is 10.1. The maximum Gasteiger partial charge on any atom is 0.516 e. The predicted octanol–water partition coefficient (Wildman–Crippen LogP) is 1.92. The first-order chi connectivity index (χ1) is 18.0. The summed E-state index contributed by atoms with van der Waals surface area (Å²) in [5.41, 5.74) is -3.71. The van der Waals surface area contributed by atoms with Gasteiger partial charge in [-0.3, -0.25) is 14.2 Å². The molecule has 1 amide bonds. The number of nitrogens with one attached hydrogen (secondary N) is 1. The van der Waals surface area contributed by atoms with Crippen LogP contribution in [0.2, 0.25) is 0 Å². The Morgan fingerprint density at radius 3 is 2.63 bits per heavy atom. The molecule has 3 aromatic heterocycles. The predicted molar refractivity (Wildman–Crippen MR) is 126 cm³/mol. The Kier molecular flexibility index (Phi) is 6.16. The van der Waals surface area contributed by atoms with Crippen molar-refractivity contribution < 1.29 is 30.8 Å². The number of halogens is 4. The smallest absolute Gasteiger partial charge is 0.347 e. The molecule has 1 aliphatic rings. The molecule has 4 aromatic rings. The molecule has 0 saturated carbocycles. The van der Waals surface area contributed by atoms with Crippen LogP contribution in [0.25, 0.3) is 11.4 Å². The molecule has 1 aromatic carbocycles. The average Bonchev–Trinajstić information content (AvgIpc) is 3.51. The lowest BCUT2D eigenvalue weighted by Gasteiger charge is -2.29. The normalized spacial score (nSPS) is 14.6. The van der Waals surface area contributed by atoms with Gasteiger partial charge in [-0.05, 0) is 30.2 Å². The average molecular weight is 554 g/mol. The standard InChI is InChI=1S/C21H19F4N9O3S/c1-2-15-18(32-6-5-17-27-11-28-34(17)20(32)30-15)19(35)26-10-13-3-4-16(14(22)9-13)33-8-7-31(12-29-33)38(36,37)21(23,24)25/h3-6,9,11-12H,2,7-8,10H2,1H3,(H,26,35). The number of hydrogen-bond donors (Lipinski definition) is 1. The van der Waals surface area contributed by atoms with Gasteiger partial charge in [-0.2, -0.15) is 36.3 Å². The van der Waals surface area contributed by atoms with Crippen LogP contribution in [0.3, 0.4) is 0 Å². The van der Waals surface area contributed by atoms with E-state index in [1.54, 1.807) is 16.7 Å². The summed E-state index contributed by atoms with van der Waals surface area (Å²) in [5, 5.41) is 11.6. The second kappa shape index (κ2) is 9.23. The van der Waals surface area contributed by atoms with E-state index in [9.17, 15) is 30.8 Å². The van der Waals surface area contributed by atoms with Crippen molar-refractivity contribution in [2.75, 3.05) is 18.1 Å². The minimum atomic E-state index is -5.57. The first kappa shape index (κ1) is 25.4. The number of carbonyl (C=O) groups excluding carboxylic acids is 1. The second-order valence-electron chi connectivity index (χ2n) is 8.16. The molecule has 0 radical (unpaired) electrons. The van der Waals surface area contributed by atoms with Crippen LogP contribution in [-0.2, 0) is 23.0 Å². The van der Waals surface area contributed by atoms with Gasteiger partial charge in [0.1, 0.15) is 24.2 Å². The Bertz CT molecular complexity index is 1680. The van der Waals surface area contributed by atoms with E-state index in [1.807, 2.05) is 6.92 Å². The number of amides is 1. The highest BCUT2D eigenvalue weighted by atomic mass is 32.2. The number of hydrogen-bond acceptors (Lipinski definition) is 8. The van der Waals surface area contributed by atoms with Gasteiger partial charge in [0.15, 0.2) is 5.65 Å². The number of sulfonamides is 1. The Hall–Kier alpha value is -4.28. The molecule has 0 atom stereocenters. The highest BCUT2D eigenvalue weighted by molar-refractivity contribution is 7.90. The fourth-order valence-corrected chi connectivity index (χ4v) is 4.72. The number of rotatable bonds is 6. The van der Waals surface area contributed by atoms with Crippen LogP contribution >= 0.6 is 0 Å². The van der Waals surface area contributed by atoms with Gasteiger partial charge in [0.05, 0.1) is 24.5 Å². The summed E-state index contributed by atoms with van der Waals surface area (Å²) in [4.78, 5) is 21.7. The van der Waals surface area contributed by atoms with E-state index in [2.05, 4.69) is 25.5 Å². The molecule has 4 heterocycles. The van der Waals surface area contributed by atoms with Gasteiger partial charge >= 0.3 is 15.5 Å². The Balaban J connectivity index is 1.30. The van der Waals surface area contributed by atoms with E-state index >= 15 is 0 Å². The molecule has 0 fully saturated rings. The number of anilines is 1. The van der Waals surface area contributed by atoms with Gasteiger partial charge in [-0.15, -0.1) is 0 Å². The number of aryl methyl sites for hydroxylation is 1. The Labute approximate surface area is 212 Å². The number of fused-ring (bicyclic) bond motifs is 3. The maximum absolute atomic E-state index is 14.8. The molecule has 0 unspecified atom stereocenters. The van der Waals surface area contributed by atoms with Crippen LogP contribution in [0, 0.1) is 5.82 Å². The highest BCUT2D eigenvalue weighted by Crippen LogP contribution is 2.28. The van der Waals surface area contributed by atoms with Crippen LogP contribution in [0.1, 0.15) is 28.7 Å².